The monoisotopic (exact) mass is 509 g/mol. The van der Waals surface area contributed by atoms with Gasteiger partial charge in [-0.2, -0.15) is 0 Å². The highest BCUT2D eigenvalue weighted by Gasteiger charge is 2.55. The van der Waals surface area contributed by atoms with E-state index >= 15 is 0 Å². The average Bonchev–Trinajstić information content (AvgIpc) is 2.91. The van der Waals surface area contributed by atoms with Gasteiger partial charge >= 0.3 is 5.97 Å². The Morgan fingerprint density at radius 1 is 1.03 bits per heavy atom. The van der Waals surface area contributed by atoms with Crippen LogP contribution in [0.25, 0.3) is 0 Å². The van der Waals surface area contributed by atoms with E-state index in [0.29, 0.717) is 12.5 Å². The molecule has 2 aliphatic carbocycles. The second-order valence-electron chi connectivity index (χ2n) is 11.9. The summed E-state index contributed by atoms with van der Waals surface area (Å²) in [7, 11) is 0. The third kappa shape index (κ3) is 4.66. The SMILES string of the molecule is CC(C)c1cc2c(cc1C(=NOCc1ccccc1)c1ccccc1)[C@@]1(C)CCC[C@@](C)(C(=O)O)[C@@H]1CC2. The summed E-state index contributed by atoms with van der Waals surface area (Å²) in [6.45, 7) is 9.14. The van der Waals surface area contributed by atoms with Crippen LogP contribution < -0.4 is 0 Å². The number of hydrogen-bond donors (Lipinski definition) is 1. The third-order valence-corrected chi connectivity index (χ3v) is 9.17. The summed E-state index contributed by atoms with van der Waals surface area (Å²) in [6.07, 6.45) is 4.52. The molecule has 1 saturated carbocycles. The molecule has 5 rings (SSSR count). The summed E-state index contributed by atoms with van der Waals surface area (Å²) in [4.78, 5) is 18.5. The Morgan fingerprint density at radius 3 is 2.37 bits per heavy atom. The summed E-state index contributed by atoms with van der Waals surface area (Å²) >= 11 is 0. The first kappa shape index (κ1) is 26.2. The molecule has 1 fully saturated rings. The van der Waals surface area contributed by atoms with E-state index in [1.54, 1.807) is 0 Å². The standard InChI is InChI=1S/C34H39NO3/c1-23(2)27-20-26-16-17-30-33(3,18-11-19-34(30,4)32(36)37)29(26)21-28(27)31(25-14-9-6-10-15-25)35-38-22-24-12-7-5-8-13-24/h5-10,12-15,20-21,23,30H,11,16-19,22H2,1-4H3,(H,36,37)/t30-,33-,34-/m1/s1. The highest BCUT2D eigenvalue weighted by molar-refractivity contribution is 6.13. The molecule has 0 radical (unpaired) electrons. The topological polar surface area (TPSA) is 58.9 Å². The summed E-state index contributed by atoms with van der Waals surface area (Å²) in [6, 6.07) is 25.1. The molecule has 4 heteroatoms. The van der Waals surface area contributed by atoms with Crippen LogP contribution >= 0.6 is 0 Å². The maximum Gasteiger partial charge on any atom is 0.309 e. The van der Waals surface area contributed by atoms with Crippen molar-refractivity contribution >= 4 is 11.7 Å². The van der Waals surface area contributed by atoms with Crippen molar-refractivity contribution in [2.24, 2.45) is 16.5 Å². The van der Waals surface area contributed by atoms with Crippen molar-refractivity contribution in [1.29, 1.82) is 0 Å². The Balaban J connectivity index is 1.64. The van der Waals surface area contributed by atoms with Crippen molar-refractivity contribution in [3.05, 3.63) is 106 Å². The van der Waals surface area contributed by atoms with Gasteiger partial charge in [-0.1, -0.05) is 99.1 Å². The number of benzene rings is 3. The number of carboxylic acids is 1. The second-order valence-corrected chi connectivity index (χ2v) is 11.9. The molecule has 198 valence electrons. The number of nitrogens with zero attached hydrogens (tertiary/aromatic N) is 1. The van der Waals surface area contributed by atoms with Gasteiger partial charge in [0.1, 0.15) is 12.3 Å². The average molecular weight is 510 g/mol. The van der Waals surface area contributed by atoms with E-state index in [0.717, 1.165) is 54.5 Å². The minimum absolute atomic E-state index is 0.109. The first-order valence-corrected chi connectivity index (χ1v) is 13.9. The first-order valence-electron chi connectivity index (χ1n) is 13.9. The van der Waals surface area contributed by atoms with Crippen LogP contribution in [-0.4, -0.2) is 16.8 Å². The van der Waals surface area contributed by atoms with Crippen molar-refractivity contribution in [2.45, 2.75) is 77.7 Å². The van der Waals surface area contributed by atoms with E-state index in [1.165, 1.54) is 16.7 Å². The Morgan fingerprint density at radius 2 is 1.71 bits per heavy atom. The predicted octanol–water partition coefficient (Wildman–Crippen LogP) is 7.87. The molecule has 0 aliphatic heterocycles. The van der Waals surface area contributed by atoms with Gasteiger partial charge in [0.05, 0.1) is 5.41 Å². The molecule has 38 heavy (non-hydrogen) atoms. The molecule has 0 unspecified atom stereocenters. The lowest BCUT2D eigenvalue weighted by atomic mass is 9.49. The molecular formula is C34H39NO3. The molecule has 0 amide bonds. The molecule has 0 aromatic heterocycles. The smallest absolute Gasteiger partial charge is 0.309 e. The zero-order valence-electron chi connectivity index (χ0n) is 23.0. The van der Waals surface area contributed by atoms with Gasteiger partial charge < -0.3 is 9.94 Å². The largest absolute Gasteiger partial charge is 0.481 e. The number of hydrogen-bond acceptors (Lipinski definition) is 3. The zero-order valence-corrected chi connectivity index (χ0v) is 23.0. The van der Waals surface area contributed by atoms with E-state index in [1.807, 2.05) is 55.5 Å². The van der Waals surface area contributed by atoms with Crippen molar-refractivity contribution in [3.8, 4) is 0 Å². The summed E-state index contributed by atoms with van der Waals surface area (Å²) in [5.41, 5.74) is 7.04. The van der Waals surface area contributed by atoms with Crippen molar-refractivity contribution < 1.29 is 14.7 Å². The van der Waals surface area contributed by atoms with E-state index in [9.17, 15) is 9.90 Å². The maximum atomic E-state index is 12.5. The van der Waals surface area contributed by atoms with Gasteiger partial charge in [-0.15, -0.1) is 0 Å². The molecule has 3 atom stereocenters. The van der Waals surface area contributed by atoms with Crippen LogP contribution in [0.15, 0.2) is 78.0 Å². The molecule has 3 aromatic rings. The molecule has 2 aliphatic rings. The van der Waals surface area contributed by atoms with E-state index < -0.39 is 11.4 Å². The van der Waals surface area contributed by atoms with Gasteiger partial charge in [0, 0.05) is 11.1 Å². The number of aliphatic carboxylic acids is 1. The molecule has 3 aromatic carbocycles. The molecule has 4 nitrogen and oxygen atoms in total. The quantitative estimate of drug-likeness (QED) is 0.260. The van der Waals surface area contributed by atoms with Crippen LogP contribution in [0.5, 0.6) is 0 Å². The minimum atomic E-state index is -0.698. The third-order valence-electron chi connectivity index (χ3n) is 9.17. The van der Waals surface area contributed by atoms with Gasteiger partial charge in [-0.05, 0) is 78.2 Å². The second kappa shape index (κ2) is 10.4. The van der Waals surface area contributed by atoms with Gasteiger partial charge in [0.2, 0.25) is 0 Å². The maximum absolute atomic E-state index is 12.5. The fourth-order valence-electron chi connectivity index (χ4n) is 7.07. The van der Waals surface area contributed by atoms with E-state index in [-0.39, 0.29) is 11.3 Å². The Labute approximate surface area is 226 Å². The van der Waals surface area contributed by atoms with Gasteiger partial charge in [-0.3, -0.25) is 4.79 Å². The van der Waals surface area contributed by atoms with Crippen LogP contribution in [0.4, 0.5) is 0 Å². The lowest BCUT2D eigenvalue weighted by molar-refractivity contribution is -0.157. The van der Waals surface area contributed by atoms with Crippen LogP contribution in [0.2, 0.25) is 0 Å². The molecule has 0 spiro atoms. The number of carbonyl (C=O) groups is 1. The molecular weight excluding hydrogens is 470 g/mol. The van der Waals surface area contributed by atoms with Crippen LogP contribution in [0.1, 0.15) is 92.7 Å². The van der Waals surface area contributed by atoms with Gasteiger partial charge in [0.15, 0.2) is 0 Å². The van der Waals surface area contributed by atoms with Crippen molar-refractivity contribution in [2.75, 3.05) is 0 Å². The fraction of sp³-hybridized carbons (Fsp3) is 0.412. The zero-order chi connectivity index (χ0) is 26.9. The Kier molecular flexibility index (Phi) is 7.17. The van der Waals surface area contributed by atoms with Crippen LogP contribution in [-0.2, 0) is 28.1 Å². The minimum Gasteiger partial charge on any atom is -0.481 e. The fourth-order valence-corrected chi connectivity index (χ4v) is 7.07. The predicted molar refractivity (Wildman–Crippen MR) is 153 cm³/mol. The normalized spacial score (nSPS) is 25.0. The van der Waals surface area contributed by atoms with E-state index in [4.69, 9.17) is 9.99 Å². The lowest BCUT2D eigenvalue weighted by Gasteiger charge is -2.53. The molecule has 0 heterocycles. The van der Waals surface area contributed by atoms with E-state index in [2.05, 4.69) is 45.0 Å². The number of aryl methyl sites for hydroxylation is 1. The van der Waals surface area contributed by atoms with Gasteiger partial charge in [-0.25, -0.2) is 0 Å². The molecule has 0 bridgehead atoms. The number of carboxylic acid groups (broad SMARTS) is 1. The molecule has 1 N–H and O–H groups in total. The number of oxime groups is 1. The van der Waals surface area contributed by atoms with Gasteiger partial charge in [0.25, 0.3) is 0 Å². The van der Waals surface area contributed by atoms with Crippen LogP contribution in [0.3, 0.4) is 0 Å². The summed E-state index contributed by atoms with van der Waals surface area (Å²) in [5, 5.41) is 15.0. The highest BCUT2D eigenvalue weighted by Crippen LogP contribution is 2.57. The molecule has 0 saturated heterocycles. The Hall–Kier alpha value is -3.40. The van der Waals surface area contributed by atoms with Crippen LogP contribution in [0, 0.1) is 11.3 Å². The summed E-state index contributed by atoms with van der Waals surface area (Å²) in [5.74, 6) is -0.241. The summed E-state index contributed by atoms with van der Waals surface area (Å²) < 4.78 is 0. The Bertz CT molecular complexity index is 1330. The number of rotatable bonds is 7. The van der Waals surface area contributed by atoms with Crippen molar-refractivity contribution in [3.63, 3.8) is 0 Å². The number of fused-ring (bicyclic) bond motifs is 3. The lowest BCUT2D eigenvalue weighted by Crippen LogP contribution is -2.52. The highest BCUT2D eigenvalue weighted by atomic mass is 16.6. The van der Waals surface area contributed by atoms with Crippen molar-refractivity contribution in [1.82, 2.24) is 0 Å². The first-order chi connectivity index (χ1) is 18.2.